The van der Waals surface area contributed by atoms with Gasteiger partial charge in [0.2, 0.25) is 0 Å². The van der Waals surface area contributed by atoms with Gasteiger partial charge in [0.05, 0.1) is 0 Å². The van der Waals surface area contributed by atoms with E-state index in [1.807, 2.05) is 12.1 Å². The molecule has 0 spiro atoms. The minimum Gasteiger partial charge on any atom is -0.354 e. The molecule has 0 bridgehead atoms. The Hall–Kier alpha value is -1.12. The average molecular weight is 163 g/mol. The standard InChI is InChI=1S/C9H13N3/c1-9(2)6-12(7-9)8-4-3-5-10-11-8/h3-5H,6-7H2,1-2H3. The zero-order chi connectivity index (χ0) is 8.60. The van der Waals surface area contributed by atoms with Crippen molar-refractivity contribution in [3.05, 3.63) is 18.3 Å². The second-order valence-corrected chi connectivity index (χ2v) is 4.10. The van der Waals surface area contributed by atoms with Crippen LogP contribution in [0.2, 0.25) is 0 Å². The lowest BCUT2D eigenvalue weighted by molar-refractivity contribution is 0.274. The highest BCUT2D eigenvalue weighted by atomic mass is 15.3. The number of anilines is 1. The molecule has 1 aliphatic heterocycles. The van der Waals surface area contributed by atoms with Crippen LogP contribution in [0.4, 0.5) is 5.82 Å². The number of aromatic nitrogens is 2. The molecule has 3 nitrogen and oxygen atoms in total. The fraction of sp³-hybridized carbons (Fsp3) is 0.556. The van der Waals surface area contributed by atoms with Gasteiger partial charge in [-0.15, -0.1) is 5.10 Å². The first kappa shape index (κ1) is 7.53. The Morgan fingerprint density at radius 2 is 2.17 bits per heavy atom. The summed E-state index contributed by atoms with van der Waals surface area (Å²) in [6.45, 7) is 6.71. The molecule has 2 rings (SSSR count). The van der Waals surface area contributed by atoms with Crippen molar-refractivity contribution < 1.29 is 0 Å². The van der Waals surface area contributed by atoms with Gasteiger partial charge in [-0.05, 0) is 17.5 Å². The molecular weight excluding hydrogens is 150 g/mol. The van der Waals surface area contributed by atoms with Gasteiger partial charge >= 0.3 is 0 Å². The molecule has 0 saturated carbocycles. The third kappa shape index (κ3) is 1.26. The van der Waals surface area contributed by atoms with Crippen molar-refractivity contribution in [3.8, 4) is 0 Å². The first-order valence-corrected chi connectivity index (χ1v) is 4.20. The lowest BCUT2D eigenvalue weighted by Crippen LogP contribution is -2.53. The zero-order valence-electron chi connectivity index (χ0n) is 7.49. The maximum Gasteiger partial charge on any atom is 0.151 e. The number of hydrogen-bond acceptors (Lipinski definition) is 3. The second-order valence-electron chi connectivity index (χ2n) is 4.10. The molecule has 0 aliphatic carbocycles. The maximum absolute atomic E-state index is 4.04. The summed E-state index contributed by atoms with van der Waals surface area (Å²) in [4.78, 5) is 2.24. The first-order valence-electron chi connectivity index (χ1n) is 4.20. The predicted octanol–water partition coefficient (Wildman–Crippen LogP) is 1.32. The summed E-state index contributed by atoms with van der Waals surface area (Å²) in [5.74, 6) is 0.997. The third-order valence-electron chi connectivity index (χ3n) is 2.12. The molecule has 1 aliphatic rings. The van der Waals surface area contributed by atoms with Crippen molar-refractivity contribution in [3.63, 3.8) is 0 Å². The minimum atomic E-state index is 0.456. The van der Waals surface area contributed by atoms with Gasteiger partial charge < -0.3 is 4.90 Å². The molecule has 1 aromatic rings. The fourth-order valence-electron chi connectivity index (χ4n) is 1.61. The molecule has 64 valence electrons. The van der Waals surface area contributed by atoms with Crippen molar-refractivity contribution in [2.45, 2.75) is 13.8 Å². The molecule has 0 aromatic carbocycles. The molecule has 2 heterocycles. The normalized spacial score (nSPS) is 20.3. The van der Waals surface area contributed by atoms with E-state index in [0.717, 1.165) is 18.9 Å². The number of rotatable bonds is 1. The zero-order valence-corrected chi connectivity index (χ0v) is 7.49. The first-order chi connectivity index (χ1) is 5.67. The molecule has 0 atom stereocenters. The summed E-state index contributed by atoms with van der Waals surface area (Å²) in [5.41, 5.74) is 0.456. The summed E-state index contributed by atoms with van der Waals surface area (Å²) in [6, 6.07) is 3.93. The summed E-state index contributed by atoms with van der Waals surface area (Å²) in [5, 5.41) is 7.89. The Kier molecular flexibility index (Phi) is 1.53. The topological polar surface area (TPSA) is 29.0 Å². The average Bonchev–Trinajstić information content (AvgIpc) is 2.02. The highest BCUT2D eigenvalue weighted by molar-refractivity contribution is 5.40. The van der Waals surface area contributed by atoms with Crippen LogP contribution in [0.1, 0.15) is 13.8 Å². The Labute approximate surface area is 72.4 Å². The molecule has 0 N–H and O–H groups in total. The van der Waals surface area contributed by atoms with Crippen molar-refractivity contribution >= 4 is 5.82 Å². The van der Waals surface area contributed by atoms with Gasteiger partial charge in [-0.25, -0.2) is 0 Å². The van der Waals surface area contributed by atoms with Crippen LogP contribution in [0.25, 0.3) is 0 Å². The summed E-state index contributed by atoms with van der Waals surface area (Å²) < 4.78 is 0. The van der Waals surface area contributed by atoms with E-state index in [9.17, 15) is 0 Å². The van der Waals surface area contributed by atoms with E-state index in [2.05, 4.69) is 28.9 Å². The van der Waals surface area contributed by atoms with Crippen LogP contribution in [0.15, 0.2) is 18.3 Å². The molecule has 1 fully saturated rings. The van der Waals surface area contributed by atoms with Crippen LogP contribution in [0.3, 0.4) is 0 Å². The summed E-state index contributed by atoms with van der Waals surface area (Å²) >= 11 is 0. The van der Waals surface area contributed by atoms with Gasteiger partial charge in [0.15, 0.2) is 5.82 Å². The van der Waals surface area contributed by atoms with E-state index < -0.39 is 0 Å². The van der Waals surface area contributed by atoms with Gasteiger partial charge in [0.1, 0.15) is 0 Å². The molecule has 12 heavy (non-hydrogen) atoms. The van der Waals surface area contributed by atoms with Gasteiger partial charge in [-0.3, -0.25) is 0 Å². The molecule has 1 aromatic heterocycles. The van der Waals surface area contributed by atoms with E-state index in [1.165, 1.54) is 0 Å². The van der Waals surface area contributed by atoms with Crippen LogP contribution in [-0.4, -0.2) is 23.3 Å². The van der Waals surface area contributed by atoms with Gasteiger partial charge in [0, 0.05) is 19.3 Å². The monoisotopic (exact) mass is 163 g/mol. The molecule has 0 amide bonds. The summed E-state index contributed by atoms with van der Waals surface area (Å²) in [7, 11) is 0. The van der Waals surface area contributed by atoms with Crippen LogP contribution < -0.4 is 4.90 Å². The summed E-state index contributed by atoms with van der Waals surface area (Å²) in [6.07, 6.45) is 1.70. The lowest BCUT2D eigenvalue weighted by atomic mass is 9.84. The third-order valence-corrected chi connectivity index (χ3v) is 2.12. The Balaban J connectivity index is 2.06. The molecule has 0 radical (unpaired) electrons. The lowest BCUT2D eigenvalue weighted by Gasteiger charge is -2.46. The number of hydrogen-bond donors (Lipinski definition) is 0. The van der Waals surface area contributed by atoms with Crippen LogP contribution >= 0.6 is 0 Å². The molecule has 3 heteroatoms. The van der Waals surface area contributed by atoms with Crippen LogP contribution in [-0.2, 0) is 0 Å². The smallest absolute Gasteiger partial charge is 0.151 e. The highest BCUT2D eigenvalue weighted by Gasteiger charge is 2.34. The largest absolute Gasteiger partial charge is 0.354 e. The predicted molar refractivity (Wildman–Crippen MR) is 48.0 cm³/mol. The van der Waals surface area contributed by atoms with Crippen molar-refractivity contribution in [1.82, 2.24) is 10.2 Å². The number of nitrogens with zero attached hydrogens (tertiary/aromatic N) is 3. The Morgan fingerprint density at radius 1 is 1.42 bits per heavy atom. The SMILES string of the molecule is CC1(C)CN(c2cccnn2)C1. The van der Waals surface area contributed by atoms with Gasteiger partial charge in [-0.2, -0.15) is 5.10 Å². The van der Waals surface area contributed by atoms with Crippen LogP contribution in [0.5, 0.6) is 0 Å². The van der Waals surface area contributed by atoms with Crippen molar-refractivity contribution in [2.24, 2.45) is 5.41 Å². The second kappa shape index (κ2) is 2.44. The highest BCUT2D eigenvalue weighted by Crippen LogP contribution is 2.31. The van der Waals surface area contributed by atoms with Gasteiger partial charge in [-0.1, -0.05) is 13.8 Å². The molecular formula is C9H13N3. The molecule has 0 unspecified atom stereocenters. The van der Waals surface area contributed by atoms with E-state index in [1.54, 1.807) is 6.20 Å². The maximum atomic E-state index is 4.04. The van der Waals surface area contributed by atoms with Gasteiger partial charge in [0.25, 0.3) is 0 Å². The Morgan fingerprint density at radius 3 is 2.67 bits per heavy atom. The van der Waals surface area contributed by atoms with E-state index in [0.29, 0.717) is 5.41 Å². The Bertz CT molecular complexity index is 260. The van der Waals surface area contributed by atoms with E-state index in [-0.39, 0.29) is 0 Å². The minimum absolute atomic E-state index is 0.456. The van der Waals surface area contributed by atoms with E-state index in [4.69, 9.17) is 0 Å². The van der Waals surface area contributed by atoms with Crippen molar-refractivity contribution in [1.29, 1.82) is 0 Å². The van der Waals surface area contributed by atoms with E-state index >= 15 is 0 Å². The molecule has 1 saturated heterocycles. The van der Waals surface area contributed by atoms with Crippen LogP contribution in [0, 0.1) is 5.41 Å². The van der Waals surface area contributed by atoms with Crippen molar-refractivity contribution in [2.75, 3.05) is 18.0 Å². The fourth-order valence-corrected chi connectivity index (χ4v) is 1.61. The quantitative estimate of drug-likeness (QED) is 0.625.